The average Bonchev–Trinajstić information content (AvgIpc) is 3.28. The van der Waals surface area contributed by atoms with E-state index in [-0.39, 0.29) is 12.0 Å². The van der Waals surface area contributed by atoms with E-state index in [2.05, 4.69) is 25.7 Å². The van der Waals surface area contributed by atoms with E-state index in [4.69, 9.17) is 4.74 Å². The van der Waals surface area contributed by atoms with Crippen molar-refractivity contribution in [1.29, 1.82) is 0 Å². The Bertz CT molecular complexity index is 1090. The zero-order chi connectivity index (χ0) is 23.2. The second-order valence-corrected chi connectivity index (χ2v) is 8.49. The first-order valence-corrected chi connectivity index (χ1v) is 11.4. The summed E-state index contributed by atoms with van der Waals surface area (Å²) in [7, 11) is 0. The van der Waals surface area contributed by atoms with Crippen molar-refractivity contribution in [2.45, 2.75) is 58.7 Å². The summed E-state index contributed by atoms with van der Waals surface area (Å²) in [5.74, 6) is 1.42. The van der Waals surface area contributed by atoms with E-state index in [1.54, 1.807) is 10.9 Å². The molecule has 0 unspecified atom stereocenters. The molecule has 2 heterocycles. The van der Waals surface area contributed by atoms with Crippen LogP contribution in [0.4, 0.5) is 0 Å². The molecule has 0 bridgehead atoms. The molecule has 3 aromatic rings. The molecule has 4 rings (SSSR count). The first-order valence-electron chi connectivity index (χ1n) is 11.4. The number of aryl methyl sites for hydroxylation is 1. The Balaban J connectivity index is 1.41. The number of carbonyl (C=O) groups is 1. The van der Waals surface area contributed by atoms with Crippen LogP contribution in [0.25, 0.3) is 11.4 Å². The lowest BCUT2D eigenvalue weighted by atomic mass is 9.88. The average molecular weight is 451 g/mol. The van der Waals surface area contributed by atoms with Crippen LogP contribution in [0.5, 0.6) is 5.75 Å². The van der Waals surface area contributed by atoms with Gasteiger partial charge in [-0.15, -0.1) is 10.2 Å². The molecule has 0 radical (unpaired) electrons. The molecule has 33 heavy (non-hydrogen) atoms. The normalized spacial score (nSPS) is 18.2. The molecule has 9 heteroatoms. The second-order valence-electron chi connectivity index (χ2n) is 8.49. The quantitative estimate of drug-likeness (QED) is 0.542. The number of hydrogen-bond donors (Lipinski definition) is 2. The number of amides is 1. The second kappa shape index (κ2) is 10.5. The Kier molecular flexibility index (Phi) is 7.29. The Hall–Kier alpha value is -3.33. The first kappa shape index (κ1) is 22.8. The van der Waals surface area contributed by atoms with Gasteiger partial charge in [-0.05, 0) is 80.5 Å². The standard InChI is InChI=1S/C24H30N6O3/c1-3-33-21-6-4-5-18(12-21)14-25-24(32)22-13-19(11-16(2)26-22)23-27-29-30(28-23)15-17-7-9-20(31)10-8-17/h4-6,11-13,17,20,31H,3,7-10,14-15H2,1-2H3,(H,25,32). The number of rotatable bonds is 8. The number of nitrogens with zero attached hydrogens (tertiary/aromatic N) is 5. The minimum Gasteiger partial charge on any atom is -0.494 e. The summed E-state index contributed by atoms with van der Waals surface area (Å²) in [6.45, 7) is 5.41. The van der Waals surface area contributed by atoms with Crippen molar-refractivity contribution in [2.24, 2.45) is 5.92 Å². The number of pyridine rings is 1. The van der Waals surface area contributed by atoms with Crippen molar-refractivity contribution in [1.82, 2.24) is 30.5 Å². The number of carbonyl (C=O) groups excluding carboxylic acids is 1. The van der Waals surface area contributed by atoms with Gasteiger partial charge in [0.15, 0.2) is 0 Å². The third-order valence-corrected chi connectivity index (χ3v) is 5.80. The number of ether oxygens (including phenoxy) is 1. The SMILES string of the molecule is CCOc1cccc(CNC(=O)c2cc(-c3nnn(CC4CCC(O)CC4)n3)cc(C)n2)c1. The molecule has 1 fully saturated rings. The van der Waals surface area contributed by atoms with Crippen molar-refractivity contribution < 1.29 is 14.6 Å². The van der Waals surface area contributed by atoms with E-state index in [0.29, 0.717) is 48.4 Å². The largest absolute Gasteiger partial charge is 0.494 e. The van der Waals surface area contributed by atoms with Gasteiger partial charge in [-0.1, -0.05) is 12.1 Å². The minimum absolute atomic E-state index is 0.182. The van der Waals surface area contributed by atoms with Gasteiger partial charge in [0.1, 0.15) is 11.4 Å². The zero-order valence-corrected chi connectivity index (χ0v) is 19.1. The predicted molar refractivity (Wildman–Crippen MR) is 123 cm³/mol. The van der Waals surface area contributed by atoms with Gasteiger partial charge in [0.05, 0.1) is 19.3 Å². The van der Waals surface area contributed by atoms with Gasteiger partial charge in [0.25, 0.3) is 5.91 Å². The van der Waals surface area contributed by atoms with Gasteiger partial charge in [0.2, 0.25) is 5.82 Å². The van der Waals surface area contributed by atoms with Crippen LogP contribution >= 0.6 is 0 Å². The summed E-state index contributed by atoms with van der Waals surface area (Å²) in [6, 6.07) is 11.2. The van der Waals surface area contributed by atoms with Crippen LogP contribution in [0.1, 0.15) is 54.4 Å². The summed E-state index contributed by atoms with van der Waals surface area (Å²) < 4.78 is 5.51. The van der Waals surface area contributed by atoms with E-state index >= 15 is 0 Å². The number of aromatic nitrogens is 5. The van der Waals surface area contributed by atoms with E-state index in [0.717, 1.165) is 37.0 Å². The van der Waals surface area contributed by atoms with Crippen molar-refractivity contribution >= 4 is 5.91 Å². The van der Waals surface area contributed by atoms with Gasteiger partial charge >= 0.3 is 0 Å². The lowest BCUT2D eigenvalue weighted by molar-refractivity contribution is 0.0945. The molecule has 1 aliphatic carbocycles. The Morgan fingerprint density at radius 1 is 1.21 bits per heavy atom. The van der Waals surface area contributed by atoms with Gasteiger partial charge in [-0.3, -0.25) is 4.79 Å². The molecule has 2 N–H and O–H groups in total. The fourth-order valence-electron chi connectivity index (χ4n) is 4.09. The minimum atomic E-state index is -0.269. The van der Waals surface area contributed by atoms with Gasteiger partial charge in [0, 0.05) is 17.8 Å². The molecule has 2 aromatic heterocycles. The van der Waals surface area contributed by atoms with Crippen LogP contribution in [0.15, 0.2) is 36.4 Å². The summed E-state index contributed by atoms with van der Waals surface area (Å²) in [5.41, 5.74) is 2.66. The smallest absolute Gasteiger partial charge is 0.270 e. The molecular formula is C24H30N6O3. The molecule has 9 nitrogen and oxygen atoms in total. The van der Waals surface area contributed by atoms with E-state index in [1.165, 1.54) is 0 Å². The molecule has 174 valence electrons. The van der Waals surface area contributed by atoms with Crippen molar-refractivity contribution in [2.75, 3.05) is 6.61 Å². The number of hydrogen-bond acceptors (Lipinski definition) is 7. The van der Waals surface area contributed by atoms with Crippen molar-refractivity contribution in [3.63, 3.8) is 0 Å². The third-order valence-electron chi connectivity index (χ3n) is 5.80. The lowest BCUT2D eigenvalue weighted by Gasteiger charge is -2.24. The van der Waals surface area contributed by atoms with Crippen LogP contribution in [0.2, 0.25) is 0 Å². The number of nitrogens with one attached hydrogen (secondary N) is 1. The third kappa shape index (κ3) is 6.13. The Labute approximate surface area is 193 Å². The summed E-state index contributed by atoms with van der Waals surface area (Å²) in [4.78, 5) is 18.8. The number of aliphatic hydroxyl groups is 1. The molecule has 0 saturated heterocycles. The Morgan fingerprint density at radius 2 is 2.03 bits per heavy atom. The van der Waals surface area contributed by atoms with E-state index in [1.807, 2.05) is 44.2 Å². The van der Waals surface area contributed by atoms with Gasteiger partial charge < -0.3 is 15.2 Å². The molecule has 1 aromatic carbocycles. The fraction of sp³-hybridized carbons (Fsp3) is 0.458. The molecule has 0 atom stereocenters. The highest BCUT2D eigenvalue weighted by Gasteiger charge is 2.21. The highest BCUT2D eigenvalue weighted by molar-refractivity contribution is 5.93. The lowest BCUT2D eigenvalue weighted by Crippen LogP contribution is -2.24. The van der Waals surface area contributed by atoms with E-state index < -0.39 is 0 Å². The molecular weight excluding hydrogens is 420 g/mol. The van der Waals surface area contributed by atoms with Crippen LogP contribution in [0, 0.1) is 12.8 Å². The maximum absolute atomic E-state index is 12.8. The highest BCUT2D eigenvalue weighted by atomic mass is 16.5. The van der Waals surface area contributed by atoms with Crippen molar-refractivity contribution in [3.05, 3.63) is 53.3 Å². The molecule has 0 spiro atoms. The molecule has 1 saturated carbocycles. The maximum Gasteiger partial charge on any atom is 0.270 e. The number of aliphatic hydroxyl groups excluding tert-OH is 1. The zero-order valence-electron chi connectivity index (χ0n) is 19.1. The summed E-state index contributed by atoms with van der Waals surface area (Å²) in [6.07, 6.45) is 3.39. The number of tetrazole rings is 1. The van der Waals surface area contributed by atoms with Gasteiger partial charge in [-0.2, -0.15) is 4.80 Å². The number of benzene rings is 1. The van der Waals surface area contributed by atoms with Crippen LogP contribution in [-0.2, 0) is 13.1 Å². The van der Waals surface area contributed by atoms with Crippen LogP contribution < -0.4 is 10.1 Å². The van der Waals surface area contributed by atoms with Crippen LogP contribution in [-0.4, -0.2) is 48.9 Å². The predicted octanol–water partition coefficient (Wildman–Crippen LogP) is 2.92. The molecule has 0 aliphatic heterocycles. The van der Waals surface area contributed by atoms with Crippen LogP contribution in [0.3, 0.4) is 0 Å². The highest BCUT2D eigenvalue weighted by Crippen LogP contribution is 2.25. The fourth-order valence-corrected chi connectivity index (χ4v) is 4.09. The molecule has 1 aliphatic rings. The van der Waals surface area contributed by atoms with Crippen molar-refractivity contribution in [3.8, 4) is 17.1 Å². The first-order chi connectivity index (χ1) is 16.0. The molecule has 1 amide bonds. The van der Waals surface area contributed by atoms with Gasteiger partial charge in [-0.25, -0.2) is 4.98 Å². The monoisotopic (exact) mass is 450 g/mol. The van der Waals surface area contributed by atoms with E-state index in [9.17, 15) is 9.90 Å². The summed E-state index contributed by atoms with van der Waals surface area (Å²) >= 11 is 0. The topological polar surface area (TPSA) is 115 Å². The Morgan fingerprint density at radius 3 is 2.82 bits per heavy atom. The maximum atomic E-state index is 12.8. The summed E-state index contributed by atoms with van der Waals surface area (Å²) in [5, 5.41) is 25.5.